The summed E-state index contributed by atoms with van der Waals surface area (Å²) in [5.41, 5.74) is -0.556. The zero-order valence-corrected chi connectivity index (χ0v) is 14.0. The molecule has 4 saturated carbocycles. The van der Waals surface area contributed by atoms with Crippen LogP contribution < -0.4 is 0 Å². The molecule has 6 heteroatoms. The van der Waals surface area contributed by atoms with Crippen molar-refractivity contribution in [3.63, 3.8) is 0 Å². The molecule has 1 heterocycles. The topological polar surface area (TPSA) is 39.2 Å². The first kappa shape index (κ1) is 17.0. The highest BCUT2D eigenvalue weighted by molar-refractivity contribution is 5.86. The second-order valence-electron chi connectivity index (χ2n) is 8.16. The first-order valence-electron chi connectivity index (χ1n) is 8.97. The van der Waals surface area contributed by atoms with Crippen LogP contribution in [0.15, 0.2) is 18.3 Å². The Hall–Kier alpha value is -1.43. The minimum Gasteiger partial charge on any atom is -0.369 e. The van der Waals surface area contributed by atoms with E-state index in [0.717, 1.165) is 31.5 Å². The van der Waals surface area contributed by atoms with Gasteiger partial charge in [-0.05, 0) is 67.9 Å². The number of alkyl halides is 3. The molecule has 4 aliphatic carbocycles. The second-order valence-corrected chi connectivity index (χ2v) is 8.16. The Kier molecular flexibility index (Phi) is 4.13. The SMILES string of the molecule is O=C(COCc1ccc(C(F)(F)F)nc1)C12CC3CC(CC(C3)C1)C2. The number of pyridine rings is 1. The number of hydrogen-bond acceptors (Lipinski definition) is 3. The molecule has 3 nitrogen and oxygen atoms in total. The molecule has 0 N–H and O–H groups in total. The summed E-state index contributed by atoms with van der Waals surface area (Å²) in [7, 11) is 0. The Morgan fingerprint density at radius 2 is 1.72 bits per heavy atom. The predicted octanol–water partition coefficient (Wildman–Crippen LogP) is 4.40. The van der Waals surface area contributed by atoms with Gasteiger partial charge < -0.3 is 4.74 Å². The number of ether oxygens (including phenoxy) is 1. The summed E-state index contributed by atoms with van der Waals surface area (Å²) in [6.07, 6.45) is 3.58. The summed E-state index contributed by atoms with van der Waals surface area (Å²) in [6.45, 7) is 0.163. The third-order valence-corrected chi connectivity index (χ3v) is 6.25. The van der Waals surface area contributed by atoms with Crippen molar-refractivity contribution < 1.29 is 22.7 Å². The number of hydrogen-bond donors (Lipinski definition) is 0. The normalized spacial score (nSPS) is 33.6. The molecule has 4 bridgehead atoms. The summed E-state index contributed by atoms with van der Waals surface area (Å²) in [5.74, 6) is 2.30. The maximum Gasteiger partial charge on any atom is 0.433 e. The Morgan fingerprint density at radius 3 is 2.20 bits per heavy atom. The van der Waals surface area contributed by atoms with Gasteiger partial charge in [0.2, 0.25) is 0 Å². The van der Waals surface area contributed by atoms with Crippen LogP contribution in [0.25, 0.3) is 0 Å². The molecule has 0 radical (unpaired) electrons. The van der Waals surface area contributed by atoms with Gasteiger partial charge >= 0.3 is 6.18 Å². The molecule has 136 valence electrons. The lowest BCUT2D eigenvalue weighted by Gasteiger charge is -2.55. The van der Waals surface area contributed by atoms with Crippen molar-refractivity contribution in [1.29, 1.82) is 0 Å². The number of Topliss-reactive ketones (excluding diaryl/α,β-unsaturated/α-hetero) is 1. The predicted molar refractivity (Wildman–Crippen MR) is 84.5 cm³/mol. The minimum absolute atomic E-state index is 0.0488. The van der Waals surface area contributed by atoms with Crippen molar-refractivity contribution in [2.45, 2.75) is 51.3 Å². The van der Waals surface area contributed by atoms with Gasteiger partial charge in [0.05, 0.1) is 6.61 Å². The van der Waals surface area contributed by atoms with Gasteiger partial charge in [0.15, 0.2) is 5.78 Å². The zero-order chi connectivity index (χ0) is 17.7. The molecular weight excluding hydrogens is 331 g/mol. The Labute approximate surface area is 145 Å². The van der Waals surface area contributed by atoms with Gasteiger partial charge in [-0.3, -0.25) is 9.78 Å². The number of carbonyl (C=O) groups is 1. The summed E-state index contributed by atoms with van der Waals surface area (Å²) in [4.78, 5) is 16.2. The van der Waals surface area contributed by atoms with Crippen LogP contribution in [0.4, 0.5) is 13.2 Å². The van der Waals surface area contributed by atoms with Gasteiger partial charge in [-0.2, -0.15) is 13.2 Å². The van der Waals surface area contributed by atoms with E-state index in [1.807, 2.05) is 0 Å². The van der Waals surface area contributed by atoms with Crippen LogP contribution in [-0.4, -0.2) is 17.4 Å². The van der Waals surface area contributed by atoms with Crippen LogP contribution in [0.5, 0.6) is 0 Å². The molecule has 0 unspecified atom stereocenters. The minimum atomic E-state index is -4.44. The summed E-state index contributed by atoms with van der Waals surface area (Å²) >= 11 is 0. The van der Waals surface area contributed by atoms with Crippen molar-refractivity contribution in [3.8, 4) is 0 Å². The average molecular weight is 353 g/mol. The molecule has 4 aliphatic rings. The van der Waals surface area contributed by atoms with E-state index < -0.39 is 11.9 Å². The maximum atomic E-state index is 12.8. The number of halogens is 3. The highest BCUT2D eigenvalue weighted by atomic mass is 19.4. The molecule has 1 aromatic rings. The summed E-state index contributed by atoms with van der Waals surface area (Å²) < 4.78 is 43.0. The molecule has 1 aromatic heterocycles. The van der Waals surface area contributed by atoms with Crippen molar-refractivity contribution in [3.05, 3.63) is 29.6 Å². The van der Waals surface area contributed by atoms with Gasteiger partial charge in [0.1, 0.15) is 12.3 Å². The lowest BCUT2D eigenvalue weighted by atomic mass is 9.48. The Morgan fingerprint density at radius 1 is 1.12 bits per heavy atom. The molecular formula is C19H22F3NO2. The highest BCUT2D eigenvalue weighted by Crippen LogP contribution is 2.60. The van der Waals surface area contributed by atoms with Crippen molar-refractivity contribution in [2.24, 2.45) is 23.2 Å². The molecule has 0 aromatic carbocycles. The first-order chi connectivity index (χ1) is 11.8. The first-order valence-corrected chi connectivity index (χ1v) is 8.97. The van der Waals surface area contributed by atoms with Crippen molar-refractivity contribution in [1.82, 2.24) is 4.98 Å². The van der Waals surface area contributed by atoms with Gasteiger partial charge in [-0.1, -0.05) is 6.07 Å². The van der Waals surface area contributed by atoms with E-state index >= 15 is 0 Å². The summed E-state index contributed by atoms with van der Waals surface area (Å²) in [5, 5.41) is 0. The Balaban J connectivity index is 1.32. The van der Waals surface area contributed by atoms with Crippen LogP contribution in [0.3, 0.4) is 0 Å². The van der Waals surface area contributed by atoms with Crippen LogP contribution in [0.2, 0.25) is 0 Å². The van der Waals surface area contributed by atoms with E-state index in [0.29, 0.717) is 23.3 Å². The van der Waals surface area contributed by atoms with E-state index in [4.69, 9.17) is 4.74 Å². The number of nitrogens with zero attached hydrogens (tertiary/aromatic N) is 1. The molecule has 25 heavy (non-hydrogen) atoms. The van der Waals surface area contributed by atoms with Crippen molar-refractivity contribution in [2.75, 3.05) is 6.61 Å². The quantitative estimate of drug-likeness (QED) is 0.787. The lowest BCUT2D eigenvalue weighted by molar-refractivity contribution is -0.149. The molecule has 0 atom stereocenters. The summed E-state index contributed by atoms with van der Waals surface area (Å²) in [6, 6.07) is 2.30. The molecule has 0 aliphatic heterocycles. The molecule has 0 amide bonds. The molecule has 0 saturated heterocycles. The van der Waals surface area contributed by atoms with Gasteiger partial charge in [0, 0.05) is 11.6 Å². The molecule has 5 rings (SSSR count). The zero-order valence-electron chi connectivity index (χ0n) is 14.0. The number of ketones is 1. The van der Waals surface area contributed by atoms with Crippen LogP contribution >= 0.6 is 0 Å². The highest BCUT2D eigenvalue weighted by Gasteiger charge is 2.54. The Bertz CT molecular complexity index is 618. The number of carbonyl (C=O) groups excluding carboxylic acids is 1. The van der Waals surface area contributed by atoms with E-state index in [1.54, 1.807) is 0 Å². The smallest absolute Gasteiger partial charge is 0.369 e. The monoisotopic (exact) mass is 353 g/mol. The van der Waals surface area contributed by atoms with Gasteiger partial charge in [0.25, 0.3) is 0 Å². The molecule has 4 fully saturated rings. The lowest BCUT2D eigenvalue weighted by Crippen LogP contribution is -2.51. The fourth-order valence-corrected chi connectivity index (χ4v) is 5.54. The van der Waals surface area contributed by atoms with Crippen molar-refractivity contribution >= 4 is 5.78 Å². The number of rotatable bonds is 5. The van der Waals surface area contributed by atoms with Gasteiger partial charge in [-0.25, -0.2) is 0 Å². The molecule has 0 spiro atoms. The van der Waals surface area contributed by atoms with Crippen LogP contribution in [0, 0.1) is 23.2 Å². The van der Waals surface area contributed by atoms with E-state index in [1.165, 1.54) is 25.3 Å². The fraction of sp³-hybridized carbons (Fsp3) is 0.684. The third-order valence-electron chi connectivity index (χ3n) is 6.25. The standard InChI is InChI=1S/C19H22F3NO2/c20-19(21,22)16-2-1-12(9-23-16)10-25-11-17(24)18-6-13-3-14(7-18)5-15(4-13)8-18/h1-2,9,13-15H,3-8,10-11H2. The van der Waals surface area contributed by atoms with E-state index in [2.05, 4.69) is 4.98 Å². The van der Waals surface area contributed by atoms with Crippen LogP contribution in [-0.2, 0) is 22.3 Å². The second kappa shape index (κ2) is 6.08. The average Bonchev–Trinajstić information content (AvgIpc) is 2.53. The number of aromatic nitrogens is 1. The largest absolute Gasteiger partial charge is 0.433 e. The van der Waals surface area contributed by atoms with E-state index in [9.17, 15) is 18.0 Å². The third kappa shape index (κ3) is 3.33. The maximum absolute atomic E-state index is 12.8. The van der Waals surface area contributed by atoms with Gasteiger partial charge in [-0.15, -0.1) is 0 Å². The van der Waals surface area contributed by atoms with Crippen LogP contribution in [0.1, 0.15) is 49.8 Å². The van der Waals surface area contributed by atoms with E-state index in [-0.39, 0.29) is 24.4 Å². The fourth-order valence-electron chi connectivity index (χ4n) is 5.54.